The molecule has 9 nitrogen and oxygen atoms in total. The average Bonchev–Trinajstić information content (AvgIpc) is 2.66. The van der Waals surface area contributed by atoms with Crippen LogP contribution in [-0.4, -0.2) is 59.2 Å². The van der Waals surface area contributed by atoms with Crippen molar-refractivity contribution < 1.29 is 14.3 Å². The van der Waals surface area contributed by atoms with Crippen LogP contribution in [0, 0.1) is 0 Å². The van der Waals surface area contributed by atoms with Gasteiger partial charge in [-0.1, -0.05) is 0 Å². The Bertz CT molecular complexity index is 580. The molecule has 9 heteroatoms. The van der Waals surface area contributed by atoms with Gasteiger partial charge in [-0.2, -0.15) is 9.97 Å². The summed E-state index contributed by atoms with van der Waals surface area (Å²) in [4.78, 5) is 21.5. The number of nitrogens with two attached hydrogens (primary N) is 3. The Kier molecular flexibility index (Phi) is 3.30. The number of anilines is 2. The highest BCUT2D eigenvalue weighted by atomic mass is 16.6. The lowest BCUT2D eigenvalue weighted by atomic mass is 9.98. The molecule has 2 aliphatic heterocycles. The van der Waals surface area contributed by atoms with Crippen molar-refractivity contribution in [2.75, 3.05) is 44.3 Å². The number of nitrogens with zero attached hydrogens (tertiary/aromatic N) is 3. The second-order valence-corrected chi connectivity index (χ2v) is 5.28. The molecule has 3 heterocycles. The maximum atomic E-state index is 11.9. The van der Waals surface area contributed by atoms with E-state index >= 15 is 0 Å². The number of aromatic nitrogens is 2. The van der Waals surface area contributed by atoms with E-state index in [9.17, 15) is 4.79 Å². The molecule has 0 aromatic carbocycles. The van der Waals surface area contributed by atoms with Crippen LogP contribution >= 0.6 is 0 Å². The number of ether oxygens (including phenoxy) is 2. The van der Waals surface area contributed by atoms with E-state index in [0.717, 1.165) is 0 Å². The summed E-state index contributed by atoms with van der Waals surface area (Å²) in [6.45, 7) is 1.60. The molecular formula is C12H18N6O3. The molecule has 1 atom stereocenters. The fraction of sp³-hybridized carbons (Fsp3) is 0.583. The standard InChI is InChI=1S/C12H18N6O3/c13-4-8(19)18-1-2-20-6-12(5-18)3-7-9(14)16-11(15)17-10(7)21-12/h1-6,13H2,(H4,14,15,16,17). The number of amides is 1. The molecule has 1 aromatic heterocycles. The van der Waals surface area contributed by atoms with Crippen LogP contribution in [0.25, 0.3) is 0 Å². The van der Waals surface area contributed by atoms with Gasteiger partial charge >= 0.3 is 0 Å². The molecule has 1 unspecified atom stereocenters. The first-order valence-corrected chi connectivity index (χ1v) is 6.69. The average molecular weight is 294 g/mol. The Morgan fingerprint density at radius 1 is 1.38 bits per heavy atom. The molecule has 0 bridgehead atoms. The van der Waals surface area contributed by atoms with Gasteiger partial charge in [0.2, 0.25) is 17.7 Å². The summed E-state index contributed by atoms with van der Waals surface area (Å²) in [5.74, 6) is 0.590. The molecule has 0 aliphatic carbocycles. The molecule has 1 fully saturated rings. The van der Waals surface area contributed by atoms with Crippen LogP contribution in [0.2, 0.25) is 0 Å². The number of fused-ring (bicyclic) bond motifs is 1. The van der Waals surface area contributed by atoms with Crippen molar-refractivity contribution in [1.29, 1.82) is 0 Å². The summed E-state index contributed by atoms with van der Waals surface area (Å²) in [6, 6.07) is 0. The van der Waals surface area contributed by atoms with Crippen molar-refractivity contribution in [2.45, 2.75) is 12.0 Å². The minimum absolute atomic E-state index is 0.0437. The van der Waals surface area contributed by atoms with Crippen molar-refractivity contribution in [3.05, 3.63) is 5.56 Å². The molecular weight excluding hydrogens is 276 g/mol. The zero-order valence-corrected chi connectivity index (χ0v) is 11.5. The third-order valence-electron chi connectivity index (χ3n) is 3.71. The third-order valence-corrected chi connectivity index (χ3v) is 3.71. The van der Waals surface area contributed by atoms with Crippen LogP contribution in [0.1, 0.15) is 5.56 Å². The van der Waals surface area contributed by atoms with E-state index in [1.807, 2.05) is 0 Å². The van der Waals surface area contributed by atoms with E-state index in [1.54, 1.807) is 4.90 Å². The number of nitrogen functional groups attached to an aromatic ring is 2. The highest BCUT2D eigenvalue weighted by molar-refractivity contribution is 5.78. The summed E-state index contributed by atoms with van der Waals surface area (Å²) >= 11 is 0. The first-order chi connectivity index (χ1) is 10.0. The van der Waals surface area contributed by atoms with Gasteiger partial charge in [-0.05, 0) is 0 Å². The van der Waals surface area contributed by atoms with Gasteiger partial charge in [-0.15, -0.1) is 0 Å². The monoisotopic (exact) mass is 294 g/mol. The van der Waals surface area contributed by atoms with Crippen molar-refractivity contribution >= 4 is 17.7 Å². The van der Waals surface area contributed by atoms with E-state index in [0.29, 0.717) is 50.0 Å². The quantitative estimate of drug-likeness (QED) is 0.547. The second-order valence-electron chi connectivity index (χ2n) is 5.28. The minimum Gasteiger partial charge on any atom is -0.466 e. The highest BCUT2D eigenvalue weighted by Gasteiger charge is 2.45. The van der Waals surface area contributed by atoms with Crippen LogP contribution in [-0.2, 0) is 16.0 Å². The molecule has 114 valence electrons. The highest BCUT2D eigenvalue weighted by Crippen LogP contribution is 2.38. The van der Waals surface area contributed by atoms with Gasteiger partial charge in [0.1, 0.15) is 5.82 Å². The van der Waals surface area contributed by atoms with Crippen LogP contribution in [0.3, 0.4) is 0 Å². The molecule has 2 aliphatic rings. The molecule has 0 saturated carbocycles. The lowest BCUT2D eigenvalue weighted by molar-refractivity contribution is -0.131. The van der Waals surface area contributed by atoms with Crippen molar-refractivity contribution in [3.8, 4) is 5.88 Å². The predicted molar refractivity (Wildman–Crippen MR) is 74.4 cm³/mol. The van der Waals surface area contributed by atoms with Gasteiger partial charge in [0.05, 0.1) is 31.9 Å². The topological polar surface area (TPSA) is 143 Å². The Hall–Kier alpha value is -2.13. The Labute approximate surface area is 121 Å². The molecule has 21 heavy (non-hydrogen) atoms. The maximum Gasteiger partial charge on any atom is 0.236 e. The molecule has 3 rings (SSSR count). The largest absolute Gasteiger partial charge is 0.466 e. The fourth-order valence-electron chi connectivity index (χ4n) is 2.73. The van der Waals surface area contributed by atoms with E-state index in [2.05, 4.69) is 9.97 Å². The smallest absolute Gasteiger partial charge is 0.236 e. The van der Waals surface area contributed by atoms with Crippen LogP contribution in [0.5, 0.6) is 5.88 Å². The summed E-state index contributed by atoms with van der Waals surface area (Å²) in [7, 11) is 0. The zero-order chi connectivity index (χ0) is 15.0. The van der Waals surface area contributed by atoms with Gasteiger partial charge in [0.15, 0.2) is 5.60 Å². The molecule has 1 saturated heterocycles. The summed E-state index contributed by atoms with van der Waals surface area (Å²) < 4.78 is 11.5. The first kappa shape index (κ1) is 13.8. The number of rotatable bonds is 1. The summed E-state index contributed by atoms with van der Waals surface area (Å²) in [5, 5.41) is 0. The maximum absolute atomic E-state index is 11.9. The summed E-state index contributed by atoms with van der Waals surface area (Å²) in [5.41, 5.74) is 16.9. The number of hydrogen-bond acceptors (Lipinski definition) is 8. The molecule has 1 aromatic rings. The van der Waals surface area contributed by atoms with E-state index < -0.39 is 5.60 Å². The molecule has 1 spiro atoms. The van der Waals surface area contributed by atoms with Gasteiger partial charge < -0.3 is 31.6 Å². The summed E-state index contributed by atoms with van der Waals surface area (Å²) in [6.07, 6.45) is 0.475. The predicted octanol–water partition coefficient (Wildman–Crippen LogP) is -1.87. The van der Waals surface area contributed by atoms with Crippen molar-refractivity contribution in [2.24, 2.45) is 5.73 Å². The van der Waals surface area contributed by atoms with Crippen molar-refractivity contribution in [3.63, 3.8) is 0 Å². The minimum atomic E-state index is -0.708. The zero-order valence-electron chi connectivity index (χ0n) is 11.5. The van der Waals surface area contributed by atoms with Gasteiger partial charge in [-0.3, -0.25) is 4.79 Å². The Balaban J connectivity index is 1.88. The van der Waals surface area contributed by atoms with Gasteiger partial charge in [0.25, 0.3) is 0 Å². The van der Waals surface area contributed by atoms with Crippen LogP contribution in [0.4, 0.5) is 11.8 Å². The van der Waals surface area contributed by atoms with Gasteiger partial charge in [-0.25, -0.2) is 0 Å². The van der Waals surface area contributed by atoms with E-state index in [-0.39, 0.29) is 18.4 Å². The fourth-order valence-corrected chi connectivity index (χ4v) is 2.73. The Morgan fingerprint density at radius 3 is 2.95 bits per heavy atom. The number of carbonyl (C=O) groups excluding carboxylic acids is 1. The SMILES string of the molecule is NCC(=O)N1CCOCC2(Cc3c(N)nc(N)nc3O2)C1. The number of hydrogen-bond donors (Lipinski definition) is 3. The lowest BCUT2D eigenvalue weighted by Gasteiger charge is -2.30. The number of carbonyl (C=O) groups is 1. The van der Waals surface area contributed by atoms with Crippen LogP contribution < -0.4 is 21.9 Å². The van der Waals surface area contributed by atoms with E-state index in [1.165, 1.54) is 0 Å². The van der Waals surface area contributed by atoms with Gasteiger partial charge in [0, 0.05) is 13.0 Å². The third kappa shape index (κ3) is 2.45. The first-order valence-electron chi connectivity index (χ1n) is 6.69. The normalized spacial score (nSPS) is 24.5. The van der Waals surface area contributed by atoms with Crippen LogP contribution in [0.15, 0.2) is 0 Å². The molecule has 6 N–H and O–H groups in total. The van der Waals surface area contributed by atoms with E-state index in [4.69, 9.17) is 26.7 Å². The second kappa shape index (κ2) is 5.01. The molecule has 0 radical (unpaired) electrons. The lowest BCUT2D eigenvalue weighted by Crippen LogP contribution is -2.51. The van der Waals surface area contributed by atoms with Crippen molar-refractivity contribution in [1.82, 2.24) is 14.9 Å². The Morgan fingerprint density at radius 2 is 2.19 bits per heavy atom. The molecule has 1 amide bonds.